The van der Waals surface area contributed by atoms with E-state index < -0.39 is 0 Å². The number of amides is 2. The van der Waals surface area contributed by atoms with Crippen molar-refractivity contribution in [3.8, 4) is 0 Å². The Bertz CT molecular complexity index is 584. The summed E-state index contributed by atoms with van der Waals surface area (Å²) in [5, 5.41) is 0.702. The van der Waals surface area contributed by atoms with Gasteiger partial charge >= 0.3 is 0 Å². The smallest absolute Gasteiger partial charge is 0.242 e. The normalized spacial score (nSPS) is 23.5. The van der Waals surface area contributed by atoms with Crippen molar-refractivity contribution in [1.82, 2.24) is 9.80 Å². The summed E-state index contributed by atoms with van der Waals surface area (Å²) in [5.74, 6) is 0.371. The van der Waals surface area contributed by atoms with Crippen molar-refractivity contribution in [1.29, 1.82) is 0 Å². The number of carbonyl (C=O) groups is 2. The molecule has 2 amide bonds. The molecule has 2 atom stereocenters. The summed E-state index contributed by atoms with van der Waals surface area (Å²) in [6, 6.07) is 7.69. The average molecular weight is 321 g/mol. The second-order valence-corrected chi connectivity index (χ2v) is 6.72. The third kappa shape index (κ3) is 3.27. The van der Waals surface area contributed by atoms with E-state index in [4.69, 9.17) is 11.6 Å². The van der Waals surface area contributed by atoms with Gasteiger partial charge in [0.05, 0.1) is 6.54 Å². The fourth-order valence-corrected chi connectivity index (χ4v) is 3.40. The molecule has 0 spiro atoms. The van der Waals surface area contributed by atoms with Crippen LogP contribution in [0.2, 0.25) is 5.02 Å². The highest BCUT2D eigenvalue weighted by molar-refractivity contribution is 6.30. The zero-order valence-electron chi connectivity index (χ0n) is 12.8. The van der Waals surface area contributed by atoms with Crippen molar-refractivity contribution in [3.05, 3.63) is 34.9 Å². The molecule has 0 unspecified atom stereocenters. The predicted octanol–water partition coefficient (Wildman–Crippen LogP) is 2.52. The Morgan fingerprint density at radius 2 is 2.05 bits per heavy atom. The first kappa shape index (κ1) is 15.3. The molecule has 1 saturated carbocycles. The van der Waals surface area contributed by atoms with Gasteiger partial charge in [-0.15, -0.1) is 0 Å². The number of carbonyl (C=O) groups excluding carboxylic acids is 2. The Morgan fingerprint density at radius 1 is 1.32 bits per heavy atom. The van der Waals surface area contributed by atoms with Gasteiger partial charge < -0.3 is 9.80 Å². The molecule has 1 aromatic carbocycles. The molecular formula is C17H21ClN2O2. The molecule has 0 N–H and O–H groups in total. The van der Waals surface area contributed by atoms with Crippen LogP contribution in [-0.4, -0.2) is 48.3 Å². The molecule has 5 heteroatoms. The molecule has 0 aromatic heterocycles. The van der Waals surface area contributed by atoms with Crippen LogP contribution >= 0.6 is 11.6 Å². The fraction of sp³-hybridized carbons (Fsp3) is 0.529. The van der Waals surface area contributed by atoms with Gasteiger partial charge in [-0.1, -0.05) is 23.7 Å². The van der Waals surface area contributed by atoms with E-state index in [1.54, 1.807) is 11.9 Å². The molecule has 1 aromatic rings. The highest BCUT2D eigenvalue weighted by Gasteiger charge is 2.45. The van der Waals surface area contributed by atoms with E-state index in [0.29, 0.717) is 5.02 Å². The van der Waals surface area contributed by atoms with Gasteiger partial charge in [-0.3, -0.25) is 9.59 Å². The van der Waals surface area contributed by atoms with Crippen molar-refractivity contribution in [2.24, 2.45) is 5.92 Å². The van der Waals surface area contributed by atoms with Gasteiger partial charge in [-0.25, -0.2) is 0 Å². The Hall–Kier alpha value is -1.55. The zero-order valence-corrected chi connectivity index (χ0v) is 13.6. The number of likely N-dealkylation sites (tertiary alicyclic amines) is 1. The quantitative estimate of drug-likeness (QED) is 0.855. The Morgan fingerprint density at radius 3 is 2.73 bits per heavy atom. The van der Waals surface area contributed by atoms with E-state index in [1.165, 1.54) is 0 Å². The number of nitrogens with zero attached hydrogens (tertiary/aromatic N) is 2. The topological polar surface area (TPSA) is 40.6 Å². The summed E-state index contributed by atoms with van der Waals surface area (Å²) < 4.78 is 0. The molecule has 0 bridgehead atoms. The molecule has 3 rings (SSSR count). The van der Waals surface area contributed by atoms with Crippen LogP contribution in [0.25, 0.3) is 0 Å². The van der Waals surface area contributed by atoms with E-state index >= 15 is 0 Å². The number of hydrogen-bond acceptors (Lipinski definition) is 2. The van der Waals surface area contributed by atoms with Crippen molar-refractivity contribution >= 4 is 23.4 Å². The van der Waals surface area contributed by atoms with E-state index in [-0.39, 0.29) is 30.2 Å². The molecule has 118 valence electrons. The van der Waals surface area contributed by atoms with Gasteiger partial charge in [0.25, 0.3) is 0 Å². The molecule has 0 radical (unpaired) electrons. The van der Waals surface area contributed by atoms with E-state index in [2.05, 4.69) is 0 Å². The van der Waals surface area contributed by atoms with E-state index in [1.807, 2.05) is 29.2 Å². The molecule has 4 nitrogen and oxygen atoms in total. The monoisotopic (exact) mass is 320 g/mol. The predicted molar refractivity (Wildman–Crippen MR) is 85.8 cm³/mol. The number of rotatable bonds is 4. The molecule has 1 aliphatic carbocycles. The van der Waals surface area contributed by atoms with Crippen LogP contribution in [0, 0.1) is 5.92 Å². The summed E-state index contributed by atoms with van der Waals surface area (Å²) in [5.41, 5.74) is 1.12. The highest BCUT2D eigenvalue weighted by Crippen LogP contribution is 2.48. The maximum atomic E-state index is 12.4. The lowest BCUT2D eigenvalue weighted by Gasteiger charge is -2.21. The van der Waals surface area contributed by atoms with Crippen molar-refractivity contribution < 1.29 is 9.59 Å². The van der Waals surface area contributed by atoms with Gasteiger partial charge in [0.15, 0.2) is 0 Å². The Labute approximate surface area is 136 Å². The lowest BCUT2D eigenvalue weighted by molar-refractivity contribution is -0.139. The van der Waals surface area contributed by atoms with Crippen LogP contribution in [-0.2, 0) is 9.59 Å². The molecule has 1 aliphatic heterocycles. The second-order valence-electron chi connectivity index (χ2n) is 6.29. The first-order valence-electron chi connectivity index (χ1n) is 7.84. The van der Waals surface area contributed by atoms with Crippen molar-refractivity contribution in [3.63, 3.8) is 0 Å². The number of hydrogen-bond donors (Lipinski definition) is 0. The van der Waals surface area contributed by atoms with Gasteiger partial charge in [0, 0.05) is 31.1 Å². The summed E-state index contributed by atoms with van der Waals surface area (Å²) >= 11 is 6.00. The SMILES string of the molecule is CN(CC(=O)N1CCCC1)C(=O)[C@H]1C[C@@H]1c1cccc(Cl)c1. The minimum Gasteiger partial charge on any atom is -0.341 e. The van der Waals surface area contributed by atoms with Crippen LogP contribution in [0.15, 0.2) is 24.3 Å². The molecule has 22 heavy (non-hydrogen) atoms. The minimum atomic E-state index is -0.00477. The van der Waals surface area contributed by atoms with Crippen molar-refractivity contribution in [2.45, 2.75) is 25.2 Å². The Balaban J connectivity index is 1.55. The lowest BCUT2D eigenvalue weighted by atomic mass is 10.1. The Kier molecular flexibility index (Phi) is 4.39. The van der Waals surface area contributed by atoms with E-state index in [9.17, 15) is 9.59 Å². The first-order valence-corrected chi connectivity index (χ1v) is 8.22. The van der Waals surface area contributed by atoms with Crippen molar-refractivity contribution in [2.75, 3.05) is 26.7 Å². The molecule has 2 fully saturated rings. The molecular weight excluding hydrogens is 300 g/mol. The maximum absolute atomic E-state index is 12.4. The fourth-order valence-electron chi connectivity index (χ4n) is 3.20. The first-order chi connectivity index (χ1) is 10.6. The van der Waals surface area contributed by atoms with Crippen LogP contribution < -0.4 is 0 Å². The number of benzene rings is 1. The van der Waals surface area contributed by atoms with Gasteiger partial charge in [-0.05, 0) is 42.9 Å². The summed E-state index contributed by atoms with van der Waals surface area (Å²) in [4.78, 5) is 28.0. The largest absolute Gasteiger partial charge is 0.341 e. The van der Waals surface area contributed by atoms with E-state index in [0.717, 1.165) is 37.9 Å². The lowest BCUT2D eigenvalue weighted by Crippen LogP contribution is -2.40. The number of halogens is 1. The van der Waals surface area contributed by atoms with Gasteiger partial charge in [-0.2, -0.15) is 0 Å². The molecule has 2 aliphatic rings. The molecule has 1 heterocycles. The van der Waals surface area contributed by atoms with Crippen LogP contribution in [0.4, 0.5) is 0 Å². The maximum Gasteiger partial charge on any atom is 0.242 e. The van der Waals surface area contributed by atoms with Crippen LogP contribution in [0.3, 0.4) is 0 Å². The molecule has 1 saturated heterocycles. The minimum absolute atomic E-state index is 0.00477. The van der Waals surface area contributed by atoms with Gasteiger partial charge in [0.2, 0.25) is 11.8 Å². The van der Waals surface area contributed by atoms with Crippen LogP contribution in [0.5, 0.6) is 0 Å². The third-order valence-corrected chi connectivity index (χ3v) is 4.83. The second kappa shape index (κ2) is 6.29. The summed E-state index contributed by atoms with van der Waals surface area (Å²) in [6.45, 7) is 1.85. The zero-order chi connectivity index (χ0) is 15.7. The van der Waals surface area contributed by atoms with Gasteiger partial charge in [0.1, 0.15) is 0 Å². The summed E-state index contributed by atoms with van der Waals surface area (Å²) in [6.07, 6.45) is 2.99. The van der Waals surface area contributed by atoms with Crippen LogP contribution in [0.1, 0.15) is 30.7 Å². The average Bonchev–Trinajstić information content (AvgIpc) is 3.10. The summed E-state index contributed by atoms with van der Waals surface area (Å²) in [7, 11) is 1.73. The highest BCUT2D eigenvalue weighted by atomic mass is 35.5. The standard InChI is InChI=1S/C17H21ClN2O2/c1-19(11-16(21)20-7-2-3-8-20)17(22)15-10-14(15)12-5-4-6-13(18)9-12/h4-6,9,14-15H,2-3,7-8,10-11H2,1H3/t14-,15+/m1/s1. The number of likely N-dealkylation sites (N-methyl/N-ethyl adjacent to an activating group) is 1. The third-order valence-electron chi connectivity index (χ3n) is 4.59.